The number of carbonyl (C=O) groups excluding carboxylic acids is 1. The van der Waals surface area contributed by atoms with Crippen LogP contribution in [0, 0.1) is 0 Å². The average molecular weight is 427 g/mol. The largest absolute Gasteiger partial charge is 0.519 e. The van der Waals surface area contributed by atoms with E-state index < -0.39 is 6.16 Å². The first-order chi connectivity index (χ1) is 15.1. The van der Waals surface area contributed by atoms with Gasteiger partial charge in [-0.3, -0.25) is 0 Å². The van der Waals surface area contributed by atoms with Gasteiger partial charge in [0.25, 0.3) is 0 Å². The van der Waals surface area contributed by atoms with Crippen molar-refractivity contribution in [3.63, 3.8) is 0 Å². The third-order valence-electron chi connectivity index (χ3n) is 5.75. The highest BCUT2D eigenvalue weighted by Crippen LogP contribution is 2.40. The van der Waals surface area contributed by atoms with Gasteiger partial charge in [-0.25, -0.2) is 4.79 Å². The molecule has 0 saturated carbocycles. The van der Waals surface area contributed by atoms with E-state index in [4.69, 9.17) is 9.47 Å². The average Bonchev–Trinajstić information content (AvgIpc) is 2.72. The van der Waals surface area contributed by atoms with Crippen LogP contribution in [0.3, 0.4) is 0 Å². The summed E-state index contributed by atoms with van der Waals surface area (Å²) >= 11 is 0. The highest BCUT2D eigenvalue weighted by atomic mass is 16.7. The van der Waals surface area contributed by atoms with Gasteiger partial charge in [0.1, 0.15) is 11.5 Å². The first-order valence-corrected chi connectivity index (χ1v) is 11.0. The summed E-state index contributed by atoms with van der Waals surface area (Å²) in [6.45, 7) is 12.7. The summed E-state index contributed by atoms with van der Waals surface area (Å²) in [6, 6.07) is 24.0. The van der Waals surface area contributed by atoms with E-state index in [1.54, 1.807) is 0 Å². The molecule has 0 unspecified atom stereocenters. The molecular formula is C29H30O3. The Hall–Kier alpha value is -3.33. The van der Waals surface area contributed by atoms with Crippen LogP contribution in [0.5, 0.6) is 11.5 Å². The molecule has 0 heterocycles. The van der Waals surface area contributed by atoms with E-state index in [2.05, 4.69) is 53.7 Å². The molecule has 4 aromatic carbocycles. The van der Waals surface area contributed by atoms with Crippen molar-refractivity contribution in [3.05, 3.63) is 83.9 Å². The zero-order chi connectivity index (χ0) is 23.1. The van der Waals surface area contributed by atoms with Crippen LogP contribution in [0.25, 0.3) is 21.5 Å². The second kappa shape index (κ2) is 7.98. The minimum Gasteiger partial charge on any atom is -0.394 e. The molecule has 0 N–H and O–H groups in total. The van der Waals surface area contributed by atoms with Gasteiger partial charge in [0, 0.05) is 21.9 Å². The normalized spacial score (nSPS) is 12.2. The lowest BCUT2D eigenvalue weighted by Crippen LogP contribution is -2.21. The van der Waals surface area contributed by atoms with Crippen molar-refractivity contribution in [1.82, 2.24) is 0 Å². The second-order valence-electron chi connectivity index (χ2n) is 10.3. The maximum atomic E-state index is 13.2. The molecular weight excluding hydrogens is 396 g/mol. The summed E-state index contributed by atoms with van der Waals surface area (Å²) in [5.41, 5.74) is 1.52. The molecule has 3 nitrogen and oxygen atoms in total. The number of carbonyl (C=O) groups is 1. The fraction of sp³-hybridized carbons (Fsp3) is 0.276. The number of hydrogen-bond donors (Lipinski definition) is 0. The lowest BCUT2D eigenvalue weighted by molar-refractivity contribution is 0.151. The summed E-state index contributed by atoms with van der Waals surface area (Å²) < 4.78 is 11.9. The summed E-state index contributed by atoms with van der Waals surface area (Å²) in [7, 11) is 0. The highest BCUT2D eigenvalue weighted by Gasteiger charge is 2.26. The molecule has 0 aliphatic carbocycles. The quantitative estimate of drug-likeness (QED) is 0.239. The molecule has 0 radical (unpaired) electrons. The minimum atomic E-state index is -0.728. The van der Waals surface area contributed by atoms with E-state index in [9.17, 15) is 4.79 Å². The van der Waals surface area contributed by atoms with Gasteiger partial charge < -0.3 is 9.47 Å². The zero-order valence-corrected chi connectivity index (χ0v) is 19.7. The first-order valence-electron chi connectivity index (χ1n) is 11.0. The van der Waals surface area contributed by atoms with Crippen molar-refractivity contribution in [1.29, 1.82) is 0 Å². The molecule has 32 heavy (non-hydrogen) atoms. The SMILES string of the molecule is CC(C)(C)c1ccc2ccccc2c1OC(=O)Oc1c(C(C)(C)C)ccc2ccccc12. The molecule has 0 fully saturated rings. The van der Waals surface area contributed by atoms with Crippen LogP contribution in [-0.2, 0) is 10.8 Å². The molecule has 0 bridgehead atoms. The number of hydrogen-bond acceptors (Lipinski definition) is 3. The number of fused-ring (bicyclic) bond motifs is 2. The molecule has 4 aromatic rings. The molecule has 0 atom stereocenters. The minimum absolute atomic E-state index is 0.199. The van der Waals surface area contributed by atoms with E-state index >= 15 is 0 Å². The molecule has 164 valence electrons. The van der Waals surface area contributed by atoms with Crippen molar-refractivity contribution >= 4 is 27.7 Å². The third-order valence-corrected chi connectivity index (χ3v) is 5.75. The van der Waals surface area contributed by atoms with Crippen molar-refractivity contribution in [2.24, 2.45) is 0 Å². The number of ether oxygens (including phenoxy) is 2. The Kier molecular flexibility index (Phi) is 5.46. The molecule has 0 aliphatic heterocycles. The van der Waals surface area contributed by atoms with Gasteiger partial charge in [-0.05, 0) is 21.6 Å². The van der Waals surface area contributed by atoms with Crippen LogP contribution in [0.15, 0.2) is 72.8 Å². The third kappa shape index (κ3) is 4.20. The number of benzene rings is 4. The Labute approximate surface area is 190 Å². The monoisotopic (exact) mass is 426 g/mol. The van der Waals surface area contributed by atoms with Gasteiger partial charge >= 0.3 is 6.16 Å². The first kappa shape index (κ1) is 21.9. The van der Waals surface area contributed by atoms with Crippen molar-refractivity contribution in [2.75, 3.05) is 0 Å². The molecule has 0 aromatic heterocycles. The van der Waals surface area contributed by atoms with Crippen LogP contribution in [0.2, 0.25) is 0 Å². The van der Waals surface area contributed by atoms with E-state index in [1.165, 1.54) is 0 Å². The molecule has 0 saturated heterocycles. The maximum Gasteiger partial charge on any atom is 0.519 e. The molecule has 0 aliphatic rings. The number of rotatable bonds is 2. The zero-order valence-electron chi connectivity index (χ0n) is 19.7. The Morgan fingerprint density at radius 2 is 0.938 bits per heavy atom. The van der Waals surface area contributed by atoms with Gasteiger partial charge in [-0.1, -0.05) is 114 Å². The van der Waals surface area contributed by atoms with Crippen molar-refractivity contribution < 1.29 is 14.3 Å². The predicted molar refractivity (Wildman–Crippen MR) is 132 cm³/mol. The maximum absolute atomic E-state index is 13.2. The van der Waals surface area contributed by atoms with E-state index in [0.29, 0.717) is 11.5 Å². The predicted octanol–water partition coefficient (Wildman–Crippen LogP) is 8.17. The lowest BCUT2D eigenvalue weighted by atomic mass is 9.85. The van der Waals surface area contributed by atoms with Gasteiger partial charge in [-0.15, -0.1) is 0 Å². The van der Waals surface area contributed by atoms with Crippen LogP contribution < -0.4 is 9.47 Å². The summed E-state index contributed by atoms with van der Waals surface area (Å²) in [5, 5.41) is 3.82. The smallest absolute Gasteiger partial charge is 0.394 e. The van der Waals surface area contributed by atoms with Gasteiger partial charge in [-0.2, -0.15) is 0 Å². The van der Waals surface area contributed by atoms with Crippen molar-refractivity contribution in [2.45, 2.75) is 52.4 Å². The van der Waals surface area contributed by atoms with Crippen LogP contribution in [0.4, 0.5) is 4.79 Å². The molecule has 4 rings (SSSR count). The summed E-state index contributed by atoms with van der Waals surface area (Å²) in [4.78, 5) is 13.2. The lowest BCUT2D eigenvalue weighted by Gasteiger charge is -2.25. The fourth-order valence-corrected chi connectivity index (χ4v) is 4.07. The fourth-order valence-electron chi connectivity index (χ4n) is 4.07. The summed E-state index contributed by atoms with van der Waals surface area (Å²) in [6.07, 6.45) is -0.728. The van der Waals surface area contributed by atoms with Crippen LogP contribution in [-0.4, -0.2) is 6.16 Å². The van der Waals surface area contributed by atoms with Gasteiger partial charge in [0.15, 0.2) is 0 Å². The molecule has 3 heteroatoms. The summed E-state index contributed by atoms with van der Waals surface area (Å²) in [5.74, 6) is 1.11. The Bertz CT molecular complexity index is 1200. The van der Waals surface area contributed by atoms with Crippen LogP contribution >= 0.6 is 0 Å². The standard InChI is InChI=1S/C29H30O3/c1-28(2,3)23-17-15-19-11-7-9-13-21(19)25(23)31-27(30)32-26-22-14-10-8-12-20(22)16-18-24(26)29(4,5)6/h7-18H,1-6H3. The Morgan fingerprint density at radius 1 is 0.562 bits per heavy atom. The highest BCUT2D eigenvalue weighted by molar-refractivity contribution is 5.94. The van der Waals surface area contributed by atoms with Gasteiger partial charge in [0.05, 0.1) is 0 Å². The molecule has 0 amide bonds. The second-order valence-corrected chi connectivity index (χ2v) is 10.3. The van der Waals surface area contributed by atoms with E-state index in [-0.39, 0.29) is 10.8 Å². The van der Waals surface area contributed by atoms with Crippen LogP contribution in [0.1, 0.15) is 52.7 Å². The molecule has 0 spiro atoms. The van der Waals surface area contributed by atoms with E-state index in [1.807, 2.05) is 60.7 Å². The Morgan fingerprint density at radius 3 is 1.31 bits per heavy atom. The van der Waals surface area contributed by atoms with E-state index in [0.717, 1.165) is 32.7 Å². The van der Waals surface area contributed by atoms with Gasteiger partial charge in [0.2, 0.25) is 0 Å². The topological polar surface area (TPSA) is 35.5 Å². The Balaban J connectivity index is 1.79. The van der Waals surface area contributed by atoms with Crippen molar-refractivity contribution in [3.8, 4) is 11.5 Å².